The third-order valence-corrected chi connectivity index (χ3v) is 6.21. The number of hydrogen-bond acceptors (Lipinski definition) is 4. The number of nitrogens with one attached hydrogen (secondary N) is 1. The molecule has 0 aliphatic carbocycles. The highest BCUT2D eigenvalue weighted by Crippen LogP contribution is 2.20. The van der Waals surface area contributed by atoms with Crippen LogP contribution in [0.3, 0.4) is 0 Å². The van der Waals surface area contributed by atoms with Crippen LogP contribution in [0, 0.1) is 13.8 Å². The van der Waals surface area contributed by atoms with E-state index in [2.05, 4.69) is 5.32 Å². The van der Waals surface area contributed by atoms with Gasteiger partial charge in [0.05, 0.1) is 11.5 Å². The minimum atomic E-state index is -3.03. The summed E-state index contributed by atoms with van der Waals surface area (Å²) in [5.41, 5.74) is 3.01. The molecule has 1 aliphatic heterocycles. The first kappa shape index (κ1) is 18.7. The zero-order valence-corrected chi connectivity index (χ0v) is 15.7. The summed E-state index contributed by atoms with van der Waals surface area (Å²) in [6.45, 7) is 5.22. The van der Waals surface area contributed by atoms with E-state index in [0.29, 0.717) is 19.5 Å². The van der Waals surface area contributed by atoms with Gasteiger partial charge >= 0.3 is 6.03 Å². The van der Waals surface area contributed by atoms with Crippen LogP contribution in [-0.2, 0) is 9.84 Å². The predicted octanol–water partition coefficient (Wildman–Crippen LogP) is 1.89. The summed E-state index contributed by atoms with van der Waals surface area (Å²) >= 11 is 0. The van der Waals surface area contributed by atoms with Gasteiger partial charge in [-0.05, 0) is 57.6 Å². The maximum atomic E-state index is 12.7. The van der Waals surface area contributed by atoms with Crippen molar-refractivity contribution in [1.82, 2.24) is 9.80 Å². The Morgan fingerprint density at radius 2 is 1.92 bits per heavy atom. The van der Waals surface area contributed by atoms with Crippen LogP contribution in [0.25, 0.3) is 0 Å². The highest BCUT2D eigenvalue weighted by molar-refractivity contribution is 7.91. The average Bonchev–Trinajstić information content (AvgIpc) is 2.83. The van der Waals surface area contributed by atoms with Crippen molar-refractivity contribution < 1.29 is 13.2 Å². The number of likely N-dealkylation sites (N-methyl/N-ethyl adjacent to an activating group) is 1. The molecule has 1 atom stereocenters. The van der Waals surface area contributed by atoms with E-state index < -0.39 is 9.84 Å². The van der Waals surface area contributed by atoms with Crippen molar-refractivity contribution in [2.75, 3.05) is 44.0 Å². The fourth-order valence-corrected chi connectivity index (χ4v) is 4.52. The number of carbonyl (C=O) groups excluding carboxylic acids is 1. The van der Waals surface area contributed by atoms with E-state index in [9.17, 15) is 13.2 Å². The van der Waals surface area contributed by atoms with Crippen LogP contribution in [0.5, 0.6) is 0 Å². The Bertz CT molecular complexity index is 701. The summed E-state index contributed by atoms with van der Waals surface area (Å²) in [5, 5.41) is 2.91. The fraction of sp³-hybridized carbons (Fsp3) is 0.588. The molecular formula is C17H27N3O3S. The zero-order chi connectivity index (χ0) is 17.9. The number of aryl methyl sites for hydroxylation is 2. The molecule has 1 unspecified atom stereocenters. The number of nitrogens with zero attached hydrogens (tertiary/aromatic N) is 2. The van der Waals surface area contributed by atoms with Crippen molar-refractivity contribution in [3.8, 4) is 0 Å². The van der Waals surface area contributed by atoms with E-state index in [0.717, 1.165) is 11.3 Å². The second-order valence-electron chi connectivity index (χ2n) is 6.78. The number of anilines is 1. The summed E-state index contributed by atoms with van der Waals surface area (Å²) in [6, 6.07) is 5.29. The molecule has 0 aromatic heterocycles. The summed E-state index contributed by atoms with van der Waals surface area (Å²) in [4.78, 5) is 16.4. The van der Waals surface area contributed by atoms with E-state index >= 15 is 0 Å². The molecule has 0 saturated carbocycles. The van der Waals surface area contributed by atoms with Crippen molar-refractivity contribution in [3.63, 3.8) is 0 Å². The van der Waals surface area contributed by atoms with Crippen LogP contribution in [0.15, 0.2) is 18.2 Å². The van der Waals surface area contributed by atoms with Crippen LogP contribution in [0.1, 0.15) is 17.5 Å². The Balaban J connectivity index is 2.12. The standard InChI is InChI=1S/C17H27N3O3S/c1-13-5-6-15(11-14(13)2)18-17(21)20(9-8-19(3)4)16-7-10-24(22,23)12-16/h5-6,11,16H,7-10,12H2,1-4H3,(H,18,21). The number of carbonyl (C=O) groups is 1. The number of hydrogen-bond donors (Lipinski definition) is 1. The molecule has 134 valence electrons. The molecule has 1 fully saturated rings. The molecule has 7 heteroatoms. The van der Waals surface area contributed by atoms with Crippen molar-refractivity contribution in [2.45, 2.75) is 26.3 Å². The molecule has 2 rings (SSSR count). The van der Waals surface area contributed by atoms with Crippen molar-refractivity contribution >= 4 is 21.6 Å². The minimum absolute atomic E-state index is 0.0563. The number of benzene rings is 1. The first-order chi connectivity index (χ1) is 11.2. The quantitative estimate of drug-likeness (QED) is 0.878. The van der Waals surface area contributed by atoms with Crippen LogP contribution in [0.4, 0.5) is 10.5 Å². The third-order valence-electron chi connectivity index (χ3n) is 4.46. The maximum Gasteiger partial charge on any atom is 0.322 e. The topological polar surface area (TPSA) is 69.7 Å². The molecule has 6 nitrogen and oxygen atoms in total. The van der Waals surface area contributed by atoms with Gasteiger partial charge < -0.3 is 15.1 Å². The Kier molecular flexibility index (Phi) is 5.87. The fourth-order valence-electron chi connectivity index (χ4n) is 2.79. The van der Waals surface area contributed by atoms with E-state index in [4.69, 9.17) is 0 Å². The highest BCUT2D eigenvalue weighted by Gasteiger charge is 2.34. The second-order valence-corrected chi connectivity index (χ2v) is 9.01. The van der Waals surface area contributed by atoms with Crippen molar-refractivity contribution in [2.24, 2.45) is 0 Å². The maximum absolute atomic E-state index is 12.7. The highest BCUT2D eigenvalue weighted by atomic mass is 32.2. The normalized spacial score (nSPS) is 19.5. The lowest BCUT2D eigenvalue weighted by atomic mass is 10.1. The molecule has 1 N–H and O–H groups in total. The number of rotatable bonds is 5. The number of urea groups is 1. The van der Waals surface area contributed by atoms with Gasteiger partial charge in [-0.25, -0.2) is 13.2 Å². The predicted molar refractivity (Wildman–Crippen MR) is 97.3 cm³/mol. The van der Waals surface area contributed by atoms with Gasteiger partial charge in [0.15, 0.2) is 9.84 Å². The molecule has 1 aromatic carbocycles. The van der Waals surface area contributed by atoms with Crippen LogP contribution in [-0.4, -0.2) is 69.0 Å². The van der Waals surface area contributed by atoms with E-state index in [-0.39, 0.29) is 23.6 Å². The third kappa shape index (κ3) is 4.95. The molecule has 1 aliphatic rings. The molecule has 1 aromatic rings. The summed E-state index contributed by atoms with van der Waals surface area (Å²) in [7, 11) is 0.838. The van der Waals surface area contributed by atoms with Crippen molar-refractivity contribution in [1.29, 1.82) is 0 Å². The molecule has 1 saturated heterocycles. The van der Waals surface area contributed by atoms with Crippen LogP contribution < -0.4 is 5.32 Å². The Hall–Kier alpha value is -1.60. The van der Waals surface area contributed by atoms with Gasteiger partial charge in [-0.3, -0.25) is 0 Å². The minimum Gasteiger partial charge on any atom is -0.319 e. The number of amides is 2. The largest absolute Gasteiger partial charge is 0.322 e. The lowest BCUT2D eigenvalue weighted by molar-refractivity contribution is 0.186. The molecule has 24 heavy (non-hydrogen) atoms. The summed E-state index contributed by atoms with van der Waals surface area (Å²) in [6.07, 6.45) is 0.510. The molecule has 0 radical (unpaired) electrons. The molecule has 1 heterocycles. The van der Waals surface area contributed by atoms with Crippen LogP contribution in [0.2, 0.25) is 0 Å². The van der Waals surface area contributed by atoms with E-state index in [1.165, 1.54) is 5.56 Å². The smallest absolute Gasteiger partial charge is 0.319 e. The average molecular weight is 353 g/mol. The summed E-state index contributed by atoms with van der Waals surface area (Å²) in [5.74, 6) is 0.216. The van der Waals surface area contributed by atoms with Crippen molar-refractivity contribution in [3.05, 3.63) is 29.3 Å². The Morgan fingerprint density at radius 1 is 1.21 bits per heavy atom. The monoisotopic (exact) mass is 353 g/mol. The lowest BCUT2D eigenvalue weighted by Gasteiger charge is -2.29. The van der Waals surface area contributed by atoms with Crippen LogP contribution >= 0.6 is 0 Å². The Morgan fingerprint density at radius 3 is 2.46 bits per heavy atom. The zero-order valence-electron chi connectivity index (χ0n) is 14.9. The SMILES string of the molecule is Cc1ccc(NC(=O)N(CCN(C)C)C2CCS(=O)(=O)C2)cc1C. The van der Waals surface area contributed by atoms with Gasteiger partial charge in [0.1, 0.15) is 0 Å². The first-order valence-corrected chi connectivity index (χ1v) is 10.00. The van der Waals surface area contributed by atoms with Gasteiger partial charge in [0, 0.05) is 24.8 Å². The summed E-state index contributed by atoms with van der Waals surface area (Å²) < 4.78 is 23.6. The molecule has 2 amide bonds. The van der Waals surface area contributed by atoms with Gasteiger partial charge in [0.2, 0.25) is 0 Å². The number of sulfone groups is 1. The van der Waals surface area contributed by atoms with Gasteiger partial charge in [-0.15, -0.1) is 0 Å². The molecule has 0 spiro atoms. The Labute approximate surface area is 144 Å². The van der Waals surface area contributed by atoms with Gasteiger partial charge in [-0.2, -0.15) is 0 Å². The lowest BCUT2D eigenvalue weighted by Crippen LogP contribution is -2.46. The molecular weight excluding hydrogens is 326 g/mol. The van der Waals surface area contributed by atoms with E-state index in [1.54, 1.807) is 4.90 Å². The first-order valence-electron chi connectivity index (χ1n) is 8.18. The molecule has 0 bridgehead atoms. The van der Waals surface area contributed by atoms with Gasteiger partial charge in [-0.1, -0.05) is 6.07 Å². The van der Waals surface area contributed by atoms with E-state index in [1.807, 2.05) is 51.0 Å². The second kappa shape index (κ2) is 7.53. The van der Waals surface area contributed by atoms with Gasteiger partial charge in [0.25, 0.3) is 0 Å².